The molecule has 0 aromatic heterocycles. The van der Waals surface area contributed by atoms with Crippen molar-refractivity contribution in [2.75, 3.05) is 16.0 Å². The third-order valence-corrected chi connectivity index (χ3v) is 7.77. The molecule has 1 unspecified atom stereocenters. The molecular weight excluding hydrogens is 605 g/mol. The number of benzene rings is 4. The molecule has 0 aliphatic rings. The molecule has 4 aromatic carbocycles. The third kappa shape index (κ3) is 9.34. The van der Waals surface area contributed by atoms with Crippen LogP contribution < -0.4 is 20.7 Å². The number of unbranched alkanes of at least 4 members (excludes halogenated alkanes) is 2. The highest BCUT2D eigenvalue weighted by Crippen LogP contribution is 2.32. The van der Waals surface area contributed by atoms with Gasteiger partial charge in [0.2, 0.25) is 4.90 Å². The second-order valence-electron chi connectivity index (χ2n) is 9.98. The monoisotopic (exact) mass is 636 g/mol. The van der Waals surface area contributed by atoms with E-state index >= 15 is 0 Å². The molecule has 0 saturated heterocycles. The number of hydrogen-bond acceptors (Lipinski definition) is 5. The zero-order valence-corrected chi connectivity index (χ0v) is 25.1. The third-order valence-electron chi connectivity index (χ3n) is 6.61. The van der Waals surface area contributed by atoms with E-state index in [9.17, 15) is 32.1 Å². The van der Waals surface area contributed by atoms with E-state index in [1.54, 1.807) is 48.5 Å². The van der Waals surface area contributed by atoms with Gasteiger partial charge in [-0.3, -0.25) is 14.4 Å². The lowest BCUT2D eigenvalue weighted by atomic mass is 10.1. The maximum Gasteiger partial charge on any atom is 0.416 e. The van der Waals surface area contributed by atoms with Crippen molar-refractivity contribution in [3.8, 4) is 0 Å². The molecule has 1 atom stereocenters. The minimum absolute atomic E-state index is 0.125. The van der Waals surface area contributed by atoms with Gasteiger partial charge < -0.3 is 20.5 Å². The van der Waals surface area contributed by atoms with Crippen molar-refractivity contribution < 1.29 is 32.1 Å². The molecule has 4 N–H and O–H groups in total. The predicted octanol–water partition coefficient (Wildman–Crippen LogP) is 7.67. The SMILES string of the molecule is CCCCCC(=O)N[S+]([O-])c1ccccc1NC(=O)c1ccc(Nc2ccc(C(F)(F)F)cc2)c(NC(=O)c2ccccc2)c1. The first-order valence-electron chi connectivity index (χ1n) is 14.1. The number of amides is 3. The molecule has 0 aliphatic heterocycles. The summed E-state index contributed by atoms with van der Waals surface area (Å²) in [6.45, 7) is 2.01. The molecule has 45 heavy (non-hydrogen) atoms. The Morgan fingerprint density at radius 2 is 1.38 bits per heavy atom. The van der Waals surface area contributed by atoms with Crippen molar-refractivity contribution in [3.05, 3.63) is 114 Å². The molecule has 4 aromatic rings. The van der Waals surface area contributed by atoms with Crippen molar-refractivity contribution in [1.29, 1.82) is 0 Å². The van der Waals surface area contributed by atoms with E-state index in [1.165, 1.54) is 36.4 Å². The van der Waals surface area contributed by atoms with Gasteiger partial charge in [0.05, 0.1) is 22.6 Å². The van der Waals surface area contributed by atoms with Gasteiger partial charge in [0.15, 0.2) is 0 Å². The van der Waals surface area contributed by atoms with Gasteiger partial charge in [-0.1, -0.05) is 50.1 Å². The maximum atomic E-state index is 13.4. The smallest absolute Gasteiger partial charge is 0.416 e. The summed E-state index contributed by atoms with van der Waals surface area (Å²) in [5, 5.41) is 8.46. The molecule has 0 heterocycles. The van der Waals surface area contributed by atoms with Crippen molar-refractivity contribution in [2.24, 2.45) is 0 Å². The van der Waals surface area contributed by atoms with Gasteiger partial charge >= 0.3 is 6.18 Å². The zero-order chi connectivity index (χ0) is 32.4. The number of anilines is 4. The second-order valence-corrected chi connectivity index (χ2v) is 11.2. The first-order valence-corrected chi connectivity index (χ1v) is 15.3. The fourth-order valence-electron chi connectivity index (χ4n) is 4.25. The predicted molar refractivity (Wildman–Crippen MR) is 169 cm³/mol. The molecule has 4 rings (SSSR count). The van der Waals surface area contributed by atoms with E-state index in [1.807, 2.05) is 6.92 Å². The van der Waals surface area contributed by atoms with Crippen LogP contribution in [0.3, 0.4) is 0 Å². The standard InChI is InChI=1S/C33H31F3N4O4S/c1-2-3-5-14-30(41)40-45(44)29-13-9-8-12-27(29)38-32(43)23-15-20-26(37-25-18-16-24(17-19-25)33(34,35)36)28(21-23)39-31(42)22-10-6-4-7-11-22/h4,6-13,15-21,37H,2-3,5,14H2,1H3,(H,38,43)(H,39,42)(H,40,41). The number of nitrogens with one attached hydrogen (secondary N) is 4. The number of para-hydroxylation sites is 1. The normalized spacial score (nSPS) is 11.8. The lowest BCUT2D eigenvalue weighted by Gasteiger charge is -2.17. The lowest BCUT2D eigenvalue weighted by Crippen LogP contribution is -2.31. The van der Waals surface area contributed by atoms with Gasteiger partial charge in [-0.15, -0.1) is 0 Å². The number of alkyl halides is 3. The molecule has 0 saturated carbocycles. The van der Waals surface area contributed by atoms with E-state index in [0.717, 1.165) is 25.0 Å². The number of rotatable bonds is 12. The van der Waals surface area contributed by atoms with E-state index in [0.29, 0.717) is 23.4 Å². The highest BCUT2D eigenvalue weighted by molar-refractivity contribution is 7.90. The van der Waals surface area contributed by atoms with E-state index in [4.69, 9.17) is 0 Å². The Kier molecular flexibility index (Phi) is 11.2. The quantitative estimate of drug-likeness (QED) is 0.0939. The summed E-state index contributed by atoms with van der Waals surface area (Å²) < 4.78 is 54.5. The summed E-state index contributed by atoms with van der Waals surface area (Å²) in [5.41, 5.74) is 0.715. The number of carbonyl (C=O) groups is 3. The molecule has 0 aliphatic carbocycles. The first-order chi connectivity index (χ1) is 21.5. The van der Waals surface area contributed by atoms with Crippen LogP contribution in [0.5, 0.6) is 0 Å². The van der Waals surface area contributed by atoms with Crippen LogP contribution in [0.1, 0.15) is 58.9 Å². The van der Waals surface area contributed by atoms with Crippen LogP contribution in [0, 0.1) is 0 Å². The Bertz CT molecular complexity index is 1630. The molecule has 0 bridgehead atoms. The van der Waals surface area contributed by atoms with Crippen LogP contribution in [-0.2, 0) is 22.3 Å². The van der Waals surface area contributed by atoms with Gasteiger partial charge in [-0.05, 0) is 73.2 Å². The van der Waals surface area contributed by atoms with E-state index in [-0.39, 0.29) is 34.2 Å². The van der Waals surface area contributed by atoms with Gasteiger partial charge in [0, 0.05) is 23.2 Å². The zero-order valence-electron chi connectivity index (χ0n) is 24.2. The topological polar surface area (TPSA) is 122 Å². The second kappa shape index (κ2) is 15.3. The molecule has 0 spiro atoms. The summed E-state index contributed by atoms with van der Waals surface area (Å²) in [7, 11) is 0. The van der Waals surface area contributed by atoms with Crippen LogP contribution in [0.2, 0.25) is 0 Å². The number of carbonyl (C=O) groups excluding carboxylic acids is 3. The Labute approximate surface area is 261 Å². The van der Waals surface area contributed by atoms with Crippen LogP contribution in [0.4, 0.5) is 35.9 Å². The van der Waals surface area contributed by atoms with Gasteiger partial charge in [0.1, 0.15) is 11.4 Å². The van der Waals surface area contributed by atoms with Crippen LogP contribution >= 0.6 is 0 Å². The van der Waals surface area contributed by atoms with Crippen LogP contribution in [-0.4, -0.2) is 22.3 Å². The minimum atomic E-state index is -4.49. The highest BCUT2D eigenvalue weighted by atomic mass is 32.2. The summed E-state index contributed by atoms with van der Waals surface area (Å²) in [6.07, 6.45) is -1.77. The van der Waals surface area contributed by atoms with Crippen molar-refractivity contribution in [2.45, 2.75) is 43.7 Å². The summed E-state index contributed by atoms with van der Waals surface area (Å²) in [5.74, 6) is -1.43. The van der Waals surface area contributed by atoms with Crippen molar-refractivity contribution in [1.82, 2.24) is 4.72 Å². The minimum Gasteiger partial charge on any atom is -0.588 e. The Morgan fingerprint density at radius 3 is 2.07 bits per heavy atom. The van der Waals surface area contributed by atoms with E-state index < -0.39 is 34.9 Å². The summed E-state index contributed by atoms with van der Waals surface area (Å²) in [6, 6.07) is 23.5. The lowest BCUT2D eigenvalue weighted by molar-refractivity contribution is -0.137. The summed E-state index contributed by atoms with van der Waals surface area (Å²) in [4.78, 5) is 38.8. The van der Waals surface area contributed by atoms with Gasteiger partial charge in [0.25, 0.3) is 17.7 Å². The molecule has 12 heteroatoms. The van der Waals surface area contributed by atoms with Crippen LogP contribution in [0.15, 0.2) is 102 Å². The fraction of sp³-hybridized carbons (Fsp3) is 0.182. The average Bonchev–Trinajstić information content (AvgIpc) is 3.02. The number of halogens is 3. The highest BCUT2D eigenvalue weighted by Gasteiger charge is 2.30. The Hall–Kier alpha value is -4.81. The Balaban J connectivity index is 1.57. The van der Waals surface area contributed by atoms with Crippen molar-refractivity contribution in [3.63, 3.8) is 0 Å². The average molecular weight is 637 g/mol. The maximum absolute atomic E-state index is 13.4. The molecule has 3 amide bonds. The Morgan fingerprint density at radius 1 is 0.733 bits per heavy atom. The summed E-state index contributed by atoms with van der Waals surface area (Å²) >= 11 is -1.92. The first kappa shape index (κ1) is 33.1. The molecule has 0 fully saturated rings. The van der Waals surface area contributed by atoms with Crippen LogP contribution in [0.25, 0.3) is 0 Å². The van der Waals surface area contributed by atoms with Gasteiger partial charge in [-0.25, -0.2) is 0 Å². The van der Waals surface area contributed by atoms with E-state index in [2.05, 4.69) is 20.7 Å². The van der Waals surface area contributed by atoms with Gasteiger partial charge in [-0.2, -0.15) is 17.9 Å². The molecule has 8 nitrogen and oxygen atoms in total. The fourth-order valence-corrected chi connectivity index (χ4v) is 5.19. The molecule has 234 valence electrons. The molecule has 0 radical (unpaired) electrons. The number of hydrogen-bond donors (Lipinski definition) is 4. The molecular formula is C33H31F3N4O4S. The largest absolute Gasteiger partial charge is 0.588 e. The van der Waals surface area contributed by atoms with Crippen molar-refractivity contribution >= 4 is 51.8 Å².